The molecule has 0 saturated heterocycles. The molecule has 1 N–H and O–H groups in total. The summed E-state index contributed by atoms with van der Waals surface area (Å²) in [7, 11) is 1.75. The van der Waals surface area contributed by atoms with E-state index in [1.165, 1.54) is 6.21 Å². The van der Waals surface area contributed by atoms with Crippen molar-refractivity contribution in [2.45, 2.75) is 6.92 Å². The molecular weight excluding hydrogens is 196 g/mol. The van der Waals surface area contributed by atoms with Gasteiger partial charge in [0.1, 0.15) is 18.8 Å². The Balaban J connectivity index is 2.95. The van der Waals surface area contributed by atoms with Gasteiger partial charge in [0.15, 0.2) is 6.20 Å². The average Bonchev–Trinajstić information content (AvgIpc) is 2.21. The molecule has 0 spiro atoms. The number of esters is 1. The van der Waals surface area contributed by atoms with Crippen LogP contribution in [0.1, 0.15) is 23.0 Å². The Hall–Kier alpha value is -1.91. The standard InChI is InChI=1S/C10H12N2O3/c1-3-15-10(13)8-4-5-9(6-11-14)12(2)7-8/h4-7H,3H2,1-2H3/p+1. The molecule has 1 heterocycles. The van der Waals surface area contributed by atoms with Gasteiger partial charge in [0.2, 0.25) is 5.69 Å². The lowest BCUT2D eigenvalue weighted by Gasteiger charge is -2.00. The fourth-order valence-electron chi connectivity index (χ4n) is 1.15. The molecule has 5 nitrogen and oxygen atoms in total. The third kappa shape index (κ3) is 2.77. The van der Waals surface area contributed by atoms with Gasteiger partial charge in [0.05, 0.1) is 6.61 Å². The molecule has 0 aliphatic rings. The summed E-state index contributed by atoms with van der Waals surface area (Å²) in [5.74, 6) is -0.361. The molecule has 0 aliphatic heterocycles. The molecule has 0 bridgehead atoms. The molecule has 0 unspecified atom stereocenters. The Kier molecular flexibility index (Phi) is 3.79. The van der Waals surface area contributed by atoms with E-state index in [1.54, 1.807) is 36.9 Å². The number of carbonyl (C=O) groups excluding carboxylic acids is 1. The van der Waals surface area contributed by atoms with E-state index in [0.717, 1.165) is 0 Å². The summed E-state index contributed by atoms with van der Waals surface area (Å²) < 4.78 is 6.52. The highest BCUT2D eigenvalue weighted by Gasteiger charge is 2.12. The van der Waals surface area contributed by atoms with E-state index in [4.69, 9.17) is 9.94 Å². The van der Waals surface area contributed by atoms with Crippen LogP contribution in [0.4, 0.5) is 0 Å². The summed E-state index contributed by atoms with van der Waals surface area (Å²) >= 11 is 0. The average molecular weight is 209 g/mol. The Morgan fingerprint density at radius 3 is 2.93 bits per heavy atom. The van der Waals surface area contributed by atoms with Crippen molar-refractivity contribution in [2.24, 2.45) is 12.2 Å². The number of aromatic nitrogens is 1. The lowest BCUT2D eigenvalue weighted by molar-refractivity contribution is -0.672. The van der Waals surface area contributed by atoms with Crippen molar-refractivity contribution in [3.63, 3.8) is 0 Å². The van der Waals surface area contributed by atoms with E-state index in [0.29, 0.717) is 17.9 Å². The zero-order chi connectivity index (χ0) is 11.3. The number of hydrogen-bond donors (Lipinski definition) is 1. The Labute approximate surface area is 87.6 Å². The van der Waals surface area contributed by atoms with Crippen LogP contribution >= 0.6 is 0 Å². The zero-order valence-electron chi connectivity index (χ0n) is 8.67. The van der Waals surface area contributed by atoms with E-state index in [9.17, 15) is 4.79 Å². The van der Waals surface area contributed by atoms with Crippen molar-refractivity contribution in [2.75, 3.05) is 6.61 Å². The van der Waals surface area contributed by atoms with E-state index >= 15 is 0 Å². The number of pyridine rings is 1. The number of rotatable bonds is 3. The molecule has 1 aromatic rings. The molecule has 0 aromatic carbocycles. The highest BCUT2D eigenvalue weighted by molar-refractivity contribution is 5.89. The molecule has 1 rings (SSSR count). The minimum Gasteiger partial charge on any atom is -0.462 e. The summed E-state index contributed by atoms with van der Waals surface area (Å²) in [5.41, 5.74) is 1.15. The van der Waals surface area contributed by atoms with Gasteiger partial charge in [-0.05, 0) is 13.0 Å². The van der Waals surface area contributed by atoms with Gasteiger partial charge in [0, 0.05) is 6.07 Å². The Morgan fingerprint density at radius 2 is 2.40 bits per heavy atom. The predicted octanol–water partition coefficient (Wildman–Crippen LogP) is 0.496. The topological polar surface area (TPSA) is 62.8 Å². The van der Waals surface area contributed by atoms with Crippen LogP contribution < -0.4 is 4.57 Å². The van der Waals surface area contributed by atoms with Crippen LogP contribution in [0.5, 0.6) is 0 Å². The molecule has 5 heteroatoms. The summed E-state index contributed by atoms with van der Waals surface area (Å²) in [6.45, 7) is 2.10. The van der Waals surface area contributed by atoms with Gasteiger partial charge < -0.3 is 9.94 Å². The largest absolute Gasteiger partial charge is 0.462 e. The molecule has 0 saturated carbocycles. The first kappa shape index (κ1) is 11.2. The van der Waals surface area contributed by atoms with Gasteiger partial charge in [-0.1, -0.05) is 5.16 Å². The van der Waals surface area contributed by atoms with Crippen molar-refractivity contribution >= 4 is 12.2 Å². The second kappa shape index (κ2) is 5.09. The van der Waals surface area contributed by atoms with Crippen LogP contribution in [0.15, 0.2) is 23.5 Å². The Morgan fingerprint density at radius 1 is 1.67 bits per heavy atom. The number of hydrogen-bond acceptors (Lipinski definition) is 4. The minimum atomic E-state index is -0.361. The predicted molar refractivity (Wildman–Crippen MR) is 53.0 cm³/mol. The monoisotopic (exact) mass is 209 g/mol. The normalized spacial score (nSPS) is 10.5. The number of ether oxygens (including phenoxy) is 1. The number of oxime groups is 1. The third-order valence-electron chi connectivity index (χ3n) is 1.87. The molecule has 0 amide bonds. The fraction of sp³-hybridized carbons (Fsp3) is 0.300. The minimum absolute atomic E-state index is 0.350. The first-order valence-electron chi connectivity index (χ1n) is 4.53. The maximum Gasteiger partial charge on any atom is 0.344 e. The first-order chi connectivity index (χ1) is 7.19. The van der Waals surface area contributed by atoms with Gasteiger partial charge >= 0.3 is 5.97 Å². The number of aryl methyl sites for hydroxylation is 1. The van der Waals surface area contributed by atoms with Crippen molar-refractivity contribution in [3.8, 4) is 0 Å². The summed E-state index contributed by atoms with van der Waals surface area (Å²) in [4.78, 5) is 11.3. The van der Waals surface area contributed by atoms with Crippen LogP contribution in [0.25, 0.3) is 0 Å². The van der Waals surface area contributed by atoms with Gasteiger partial charge in [-0.25, -0.2) is 4.79 Å². The quantitative estimate of drug-likeness (QED) is 0.259. The van der Waals surface area contributed by atoms with Crippen molar-refractivity contribution in [1.29, 1.82) is 0 Å². The summed E-state index contributed by atoms with van der Waals surface area (Å²) in [6.07, 6.45) is 2.91. The molecule has 1 aromatic heterocycles. The highest BCUT2D eigenvalue weighted by Crippen LogP contribution is 1.99. The van der Waals surface area contributed by atoms with Gasteiger partial charge in [-0.3, -0.25) is 0 Å². The fourth-order valence-corrected chi connectivity index (χ4v) is 1.15. The van der Waals surface area contributed by atoms with Crippen molar-refractivity contribution in [1.82, 2.24) is 0 Å². The molecule has 15 heavy (non-hydrogen) atoms. The lowest BCUT2D eigenvalue weighted by atomic mass is 10.2. The third-order valence-corrected chi connectivity index (χ3v) is 1.87. The van der Waals surface area contributed by atoms with Crippen LogP contribution in [0.3, 0.4) is 0 Å². The molecular formula is C10H13N2O3+. The molecule has 80 valence electrons. The van der Waals surface area contributed by atoms with E-state index in [1.807, 2.05) is 0 Å². The number of carbonyl (C=O) groups is 1. The van der Waals surface area contributed by atoms with Gasteiger partial charge in [-0.2, -0.15) is 4.57 Å². The zero-order valence-corrected chi connectivity index (χ0v) is 8.67. The molecule has 0 radical (unpaired) electrons. The smallest absolute Gasteiger partial charge is 0.344 e. The van der Waals surface area contributed by atoms with Gasteiger partial charge in [-0.15, -0.1) is 0 Å². The highest BCUT2D eigenvalue weighted by atomic mass is 16.5. The van der Waals surface area contributed by atoms with E-state index in [-0.39, 0.29) is 5.97 Å². The van der Waals surface area contributed by atoms with Crippen LogP contribution in [-0.2, 0) is 11.8 Å². The second-order valence-corrected chi connectivity index (χ2v) is 2.92. The van der Waals surface area contributed by atoms with Crippen molar-refractivity contribution in [3.05, 3.63) is 29.6 Å². The first-order valence-corrected chi connectivity index (χ1v) is 4.53. The summed E-state index contributed by atoms with van der Waals surface area (Å²) in [5, 5.41) is 11.3. The maximum atomic E-state index is 11.3. The van der Waals surface area contributed by atoms with Crippen LogP contribution in [0, 0.1) is 0 Å². The van der Waals surface area contributed by atoms with E-state index in [2.05, 4.69) is 5.16 Å². The van der Waals surface area contributed by atoms with E-state index < -0.39 is 0 Å². The van der Waals surface area contributed by atoms with Crippen LogP contribution in [0.2, 0.25) is 0 Å². The summed E-state index contributed by atoms with van der Waals surface area (Å²) in [6, 6.07) is 3.29. The molecule has 0 fully saturated rings. The molecule has 0 atom stereocenters. The maximum absolute atomic E-state index is 11.3. The van der Waals surface area contributed by atoms with Gasteiger partial charge in [0.25, 0.3) is 0 Å². The molecule has 0 aliphatic carbocycles. The van der Waals surface area contributed by atoms with Crippen molar-refractivity contribution < 1.29 is 19.3 Å². The van der Waals surface area contributed by atoms with Crippen LogP contribution in [-0.4, -0.2) is 24.0 Å². The number of nitrogens with zero attached hydrogens (tertiary/aromatic N) is 2. The SMILES string of the molecule is CCOC(=O)c1ccc(/C=N\O)[n+](C)c1. The second-order valence-electron chi connectivity index (χ2n) is 2.92. The lowest BCUT2D eigenvalue weighted by Crippen LogP contribution is -2.34. The Bertz CT molecular complexity index is 388.